The Hall–Kier alpha value is -1.55. The number of carbonyl (C=O) groups is 1. The second kappa shape index (κ2) is 8.22. The number of aryl methyl sites for hydroxylation is 1. The molecule has 1 atom stereocenters. The first-order chi connectivity index (χ1) is 12.1. The third kappa shape index (κ3) is 4.17. The zero-order valence-corrected chi connectivity index (χ0v) is 16.2. The molecule has 25 heavy (non-hydrogen) atoms. The van der Waals surface area contributed by atoms with E-state index in [-0.39, 0.29) is 11.2 Å². The highest BCUT2D eigenvalue weighted by molar-refractivity contribution is 8.00. The van der Waals surface area contributed by atoms with Gasteiger partial charge in [-0.15, -0.1) is 11.3 Å². The SMILES string of the molecule is CC(Sc1ncccc1Cl)C(=O)Nc1sc2c(c1C#N)CCCCC2. The first-order valence-electron chi connectivity index (χ1n) is 8.23. The summed E-state index contributed by atoms with van der Waals surface area (Å²) in [5, 5.41) is 14.0. The first-order valence-corrected chi connectivity index (χ1v) is 10.3. The van der Waals surface area contributed by atoms with Crippen LogP contribution in [0.15, 0.2) is 23.4 Å². The predicted molar refractivity (Wildman–Crippen MR) is 103 cm³/mol. The molecule has 3 rings (SSSR count). The van der Waals surface area contributed by atoms with Crippen LogP contribution in [0.3, 0.4) is 0 Å². The molecule has 1 aliphatic carbocycles. The molecule has 0 saturated carbocycles. The smallest absolute Gasteiger partial charge is 0.238 e. The van der Waals surface area contributed by atoms with Crippen molar-refractivity contribution in [2.45, 2.75) is 49.3 Å². The zero-order chi connectivity index (χ0) is 17.8. The summed E-state index contributed by atoms with van der Waals surface area (Å²) in [4.78, 5) is 18.0. The van der Waals surface area contributed by atoms with Crippen LogP contribution in [-0.4, -0.2) is 16.1 Å². The maximum atomic E-state index is 12.6. The Bertz CT molecular complexity index is 828. The van der Waals surface area contributed by atoms with Crippen LogP contribution in [0.4, 0.5) is 5.00 Å². The van der Waals surface area contributed by atoms with E-state index in [0.717, 1.165) is 31.2 Å². The van der Waals surface area contributed by atoms with E-state index in [0.29, 0.717) is 20.6 Å². The predicted octanol–water partition coefficient (Wildman–Crippen LogP) is 5.06. The molecule has 4 nitrogen and oxygen atoms in total. The number of hydrogen-bond donors (Lipinski definition) is 1. The van der Waals surface area contributed by atoms with Gasteiger partial charge in [-0.2, -0.15) is 5.26 Å². The molecular formula is C18H18ClN3OS2. The third-order valence-corrected chi connectivity index (χ3v) is 6.89. The fourth-order valence-corrected chi connectivity index (χ4v) is 5.14. The molecule has 1 amide bonds. The summed E-state index contributed by atoms with van der Waals surface area (Å²) in [6.45, 7) is 1.82. The number of aromatic nitrogens is 1. The molecule has 0 radical (unpaired) electrons. The molecule has 1 aliphatic rings. The number of amides is 1. The van der Waals surface area contributed by atoms with Crippen LogP contribution < -0.4 is 5.32 Å². The number of nitrogens with zero attached hydrogens (tertiary/aromatic N) is 2. The van der Waals surface area contributed by atoms with E-state index in [4.69, 9.17) is 11.6 Å². The quantitative estimate of drug-likeness (QED) is 0.584. The van der Waals surface area contributed by atoms with Gasteiger partial charge in [-0.3, -0.25) is 4.79 Å². The van der Waals surface area contributed by atoms with Gasteiger partial charge in [0.05, 0.1) is 15.8 Å². The number of pyridine rings is 1. The fourth-order valence-electron chi connectivity index (χ4n) is 2.84. The number of nitriles is 1. The van der Waals surface area contributed by atoms with Crippen LogP contribution >= 0.6 is 34.7 Å². The summed E-state index contributed by atoms with van der Waals surface area (Å²) in [7, 11) is 0. The molecule has 2 heterocycles. The van der Waals surface area contributed by atoms with E-state index in [1.165, 1.54) is 23.1 Å². The van der Waals surface area contributed by atoms with E-state index in [1.807, 2.05) is 6.92 Å². The van der Waals surface area contributed by atoms with Crippen molar-refractivity contribution in [2.75, 3.05) is 5.32 Å². The molecule has 0 aliphatic heterocycles. The molecule has 1 N–H and O–H groups in total. The number of thiophene rings is 1. The van der Waals surface area contributed by atoms with Gasteiger partial charge >= 0.3 is 0 Å². The van der Waals surface area contributed by atoms with Gasteiger partial charge in [-0.25, -0.2) is 4.98 Å². The number of fused-ring (bicyclic) bond motifs is 1. The Kier molecular flexibility index (Phi) is 6.00. The Balaban J connectivity index is 1.75. The molecule has 1 unspecified atom stereocenters. The second-order valence-electron chi connectivity index (χ2n) is 5.92. The van der Waals surface area contributed by atoms with Gasteiger partial charge in [0, 0.05) is 11.1 Å². The van der Waals surface area contributed by atoms with Gasteiger partial charge in [-0.05, 0) is 50.3 Å². The first kappa shape index (κ1) is 18.2. The molecular weight excluding hydrogens is 374 g/mol. The third-order valence-electron chi connectivity index (χ3n) is 4.15. The fraction of sp³-hybridized carbons (Fsp3) is 0.389. The van der Waals surface area contributed by atoms with Crippen LogP contribution in [-0.2, 0) is 17.6 Å². The number of halogens is 1. The van der Waals surface area contributed by atoms with E-state index >= 15 is 0 Å². The number of thioether (sulfide) groups is 1. The molecule has 0 spiro atoms. The highest BCUT2D eigenvalue weighted by atomic mass is 35.5. The zero-order valence-electron chi connectivity index (χ0n) is 13.8. The average Bonchev–Trinajstić information content (AvgIpc) is 2.76. The molecule has 0 aromatic carbocycles. The van der Waals surface area contributed by atoms with Gasteiger partial charge in [0.15, 0.2) is 0 Å². The van der Waals surface area contributed by atoms with Crippen LogP contribution in [0.1, 0.15) is 42.2 Å². The summed E-state index contributed by atoms with van der Waals surface area (Å²) in [6, 6.07) is 5.80. The molecule has 0 saturated heterocycles. The summed E-state index contributed by atoms with van der Waals surface area (Å²) in [6.07, 6.45) is 7.04. The van der Waals surface area contributed by atoms with Gasteiger partial charge in [0.1, 0.15) is 16.1 Å². The highest BCUT2D eigenvalue weighted by Gasteiger charge is 2.23. The maximum Gasteiger partial charge on any atom is 0.238 e. The second-order valence-corrected chi connectivity index (χ2v) is 8.76. The number of nitrogens with one attached hydrogen (secondary N) is 1. The Morgan fingerprint density at radius 1 is 1.44 bits per heavy atom. The standard InChI is InChI=1S/C18H18ClN3OS2/c1-11(24-18-14(19)7-5-9-21-18)16(23)22-17-13(10-20)12-6-3-2-4-8-15(12)25-17/h5,7,9,11H,2-4,6,8H2,1H3,(H,22,23). The molecule has 0 fully saturated rings. The minimum Gasteiger partial charge on any atom is -0.316 e. The van der Waals surface area contributed by atoms with E-state index < -0.39 is 0 Å². The molecule has 0 bridgehead atoms. The lowest BCUT2D eigenvalue weighted by Gasteiger charge is -2.11. The maximum absolute atomic E-state index is 12.6. The van der Waals surface area contributed by atoms with Gasteiger partial charge in [0.2, 0.25) is 5.91 Å². The summed E-state index contributed by atoms with van der Waals surface area (Å²) in [5.74, 6) is -0.139. The van der Waals surface area contributed by atoms with Crippen molar-refractivity contribution in [2.24, 2.45) is 0 Å². The largest absolute Gasteiger partial charge is 0.316 e. The Morgan fingerprint density at radius 3 is 3.00 bits per heavy atom. The number of rotatable bonds is 4. The normalized spacial score (nSPS) is 14.9. The lowest BCUT2D eigenvalue weighted by atomic mass is 10.1. The summed E-state index contributed by atoms with van der Waals surface area (Å²) >= 11 is 8.97. The number of anilines is 1. The lowest BCUT2D eigenvalue weighted by molar-refractivity contribution is -0.115. The minimum absolute atomic E-state index is 0.139. The van der Waals surface area contributed by atoms with Crippen molar-refractivity contribution in [1.29, 1.82) is 5.26 Å². The number of hydrogen-bond acceptors (Lipinski definition) is 5. The van der Waals surface area contributed by atoms with Crippen molar-refractivity contribution in [1.82, 2.24) is 4.98 Å². The van der Waals surface area contributed by atoms with Crippen molar-refractivity contribution in [3.05, 3.63) is 39.4 Å². The van der Waals surface area contributed by atoms with Crippen LogP contribution in [0.2, 0.25) is 5.02 Å². The van der Waals surface area contributed by atoms with Gasteiger partial charge < -0.3 is 5.32 Å². The van der Waals surface area contributed by atoms with E-state index in [2.05, 4.69) is 16.4 Å². The molecule has 2 aromatic heterocycles. The molecule has 130 valence electrons. The van der Waals surface area contributed by atoms with Crippen LogP contribution in [0.5, 0.6) is 0 Å². The van der Waals surface area contributed by atoms with Crippen molar-refractivity contribution in [3.8, 4) is 6.07 Å². The Morgan fingerprint density at radius 2 is 2.24 bits per heavy atom. The van der Waals surface area contributed by atoms with Crippen LogP contribution in [0.25, 0.3) is 0 Å². The van der Waals surface area contributed by atoms with Crippen molar-refractivity contribution in [3.63, 3.8) is 0 Å². The topological polar surface area (TPSA) is 65.8 Å². The molecule has 2 aromatic rings. The average molecular weight is 392 g/mol. The van der Waals surface area contributed by atoms with Crippen molar-refractivity contribution < 1.29 is 4.79 Å². The monoisotopic (exact) mass is 391 g/mol. The van der Waals surface area contributed by atoms with Gasteiger partial charge in [0.25, 0.3) is 0 Å². The summed E-state index contributed by atoms with van der Waals surface area (Å²) in [5.41, 5.74) is 1.77. The van der Waals surface area contributed by atoms with E-state index in [9.17, 15) is 10.1 Å². The Labute approximate surface area is 160 Å². The lowest BCUT2D eigenvalue weighted by Crippen LogP contribution is -2.22. The van der Waals surface area contributed by atoms with Crippen molar-refractivity contribution >= 4 is 45.6 Å². The molecule has 7 heteroatoms. The van der Waals surface area contributed by atoms with E-state index in [1.54, 1.807) is 29.7 Å². The minimum atomic E-state index is -0.360. The highest BCUT2D eigenvalue weighted by Crippen LogP contribution is 2.37. The number of carbonyl (C=O) groups excluding carboxylic acids is 1. The van der Waals surface area contributed by atoms with Crippen LogP contribution in [0, 0.1) is 11.3 Å². The van der Waals surface area contributed by atoms with Gasteiger partial charge in [-0.1, -0.05) is 29.8 Å². The summed E-state index contributed by atoms with van der Waals surface area (Å²) < 4.78 is 0.